The van der Waals surface area contributed by atoms with Crippen molar-refractivity contribution in [3.63, 3.8) is 0 Å². The molecule has 0 aromatic heterocycles. The molecule has 0 radical (unpaired) electrons. The van der Waals surface area contributed by atoms with Crippen LogP contribution in [0.4, 0.5) is 4.79 Å². The highest BCUT2D eigenvalue weighted by Crippen LogP contribution is 2.44. The molecule has 0 bridgehead atoms. The number of rotatable bonds is 10. The van der Waals surface area contributed by atoms with E-state index in [0.717, 1.165) is 11.1 Å². The fraction of sp³-hybridized carbons (Fsp3) is 0.400. The molecule has 2 aromatic carbocycles. The van der Waals surface area contributed by atoms with Crippen molar-refractivity contribution in [1.82, 2.24) is 10.2 Å². The van der Waals surface area contributed by atoms with Gasteiger partial charge in [0.2, 0.25) is 5.91 Å². The number of hydrogen-bond acceptors (Lipinski definition) is 4. The number of aliphatic carboxylic acids is 1. The molecule has 1 atom stereocenters. The first-order valence-corrected chi connectivity index (χ1v) is 11.0. The smallest absolute Gasteiger partial charge is 0.407 e. The van der Waals surface area contributed by atoms with Crippen LogP contribution in [0.3, 0.4) is 0 Å². The van der Waals surface area contributed by atoms with Crippen LogP contribution in [0.1, 0.15) is 43.7 Å². The van der Waals surface area contributed by atoms with Crippen LogP contribution in [0.2, 0.25) is 0 Å². The second-order valence-corrected chi connectivity index (χ2v) is 7.99. The van der Waals surface area contributed by atoms with Gasteiger partial charge in [0, 0.05) is 25.4 Å². The quantitative estimate of drug-likeness (QED) is 0.587. The Bertz CT molecular complexity index is 929. The highest BCUT2D eigenvalue weighted by Gasteiger charge is 2.29. The van der Waals surface area contributed by atoms with Gasteiger partial charge in [-0.15, -0.1) is 0 Å². The van der Waals surface area contributed by atoms with Crippen LogP contribution < -0.4 is 5.32 Å². The summed E-state index contributed by atoms with van der Waals surface area (Å²) in [5, 5.41) is 11.7. The third-order valence-corrected chi connectivity index (χ3v) is 5.98. The zero-order valence-electron chi connectivity index (χ0n) is 18.5. The Morgan fingerprint density at radius 1 is 1.03 bits per heavy atom. The number of carboxylic acids is 1. The van der Waals surface area contributed by atoms with Gasteiger partial charge in [0.1, 0.15) is 13.2 Å². The Labute approximate surface area is 188 Å². The molecule has 0 saturated heterocycles. The lowest BCUT2D eigenvalue weighted by Crippen LogP contribution is -2.38. The van der Waals surface area contributed by atoms with E-state index in [1.807, 2.05) is 31.2 Å². The van der Waals surface area contributed by atoms with E-state index in [0.29, 0.717) is 19.5 Å². The zero-order valence-corrected chi connectivity index (χ0v) is 18.5. The second-order valence-electron chi connectivity index (χ2n) is 7.99. The molecule has 0 spiro atoms. The predicted molar refractivity (Wildman–Crippen MR) is 121 cm³/mol. The maximum atomic E-state index is 12.4. The van der Waals surface area contributed by atoms with E-state index in [9.17, 15) is 14.4 Å². The number of benzene rings is 2. The molecule has 7 nitrogen and oxygen atoms in total. The van der Waals surface area contributed by atoms with Gasteiger partial charge in [0.25, 0.3) is 0 Å². The standard InChI is InChI=1S/C25H30N2O5/c1-3-17(13-23(28)27(4-2)15-24(29)30)14-26-25(31)32-16-22-20-11-7-5-9-18(20)19-10-6-8-12-21(19)22/h5-12,17,22H,3-4,13-16H2,1-2H3,(H,26,31)(H,29,30). The zero-order chi connectivity index (χ0) is 23.1. The number of fused-ring (bicyclic) bond motifs is 3. The monoisotopic (exact) mass is 438 g/mol. The van der Waals surface area contributed by atoms with Gasteiger partial charge in [0.05, 0.1) is 0 Å². The fourth-order valence-electron chi connectivity index (χ4n) is 4.15. The van der Waals surface area contributed by atoms with E-state index in [-0.39, 0.29) is 37.3 Å². The number of hydrogen-bond donors (Lipinski definition) is 2. The van der Waals surface area contributed by atoms with E-state index >= 15 is 0 Å². The lowest BCUT2D eigenvalue weighted by molar-refractivity contribution is -0.144. The maximum Gasteiger partial charge on any atom is 0.407 e. The van der Waals surface area contributed by atoms with Crippen molar-refractivity contribution in [3.8, 4) is 11.1 Å². The minimum absolute atomic E-state index is 0.00849. The van der Waals surface area contributed by atoms with Crippen molar-refractivity contribution in [1.29, 1.82) is 0 Å². The van der Waals surface area contributed by atoms with E-state index in [2.05, 4.69) is 29.6 Å². The molecule has 1 aliphatic carbocycles. The summed E-state index contributed by atoms with van der Waals surface area (Å²) in [5.41, 5.74) is 4.64. The molecule has 2 N–H and O–H groups in total. The first kappa shape index (κ1) is 23.3. The minimum atomic E-state index is -1.04. The highest BCUT2D eigenvalue weighted by molar-refractivity contribution is 5.81. The van der Waals surface area contributed by atoms with Crippen LogP contribution in [0.5, 0.6) is 0 Å². The Morgan fingerprint density at radius 2 is 1.62 bits per heavy atom. The van der Waals surface area contributed by atoms with Crippen LogP contribution >= 0.6 is 0 Å². The third kappa shape index (κ3) is 5.46. The molecule has 2 amide bonds. The van der Waals surface area contributed by atoms with E-state index in [1.54, 1.807) is 6.92 Å². The van der Waals surface area contributed by atoms with Gasteiger partial charge in [-0.25, -0.2) is 4.79 Å². The summed E-state index contributed by atoms with van der Waals surface area (Å²) < 4.78 is 5.54. The van der Waals surface area contributed by atoms with Gasteiger partial charge in [-0.1, -0.05) is 61.9 Å². The van der Waals surface area contributed by atoms with Gasteiger partial charge in [-0.05, 0) is 35.1 Å². The molecule has 32 heavy (non-hydrogen) atoms. The molecule has 1 unspecified atom stereocenters. The molecular weight excluding hydrogens is 408 g/mol. The lowest BCUT2D eigenvalue weighted by Gasteiger charge is -2.22. The van der Waals surface area contributed by atoms with Crippen molar-refractivity contribution in [2.75, 3.05) is 26.2 Å². The van der Waals surface area contributed by atoms with Crippen LogP contribution in [-0.4, -0.2) is 54.2 Å². The van der Waals surface area contributed by atoms with Crippen LogP contribution in [0.15, 0.2) is 48.5 Å². The Hall–Kier alpha value is -3.35. The Morgan fingerprint density at radius 3 is 2.16 bits per heavy atom. The lowest BCUT2D eigenvalue weighted by atomic mass is 9.98. The van der Waals surface area contributed by atoms with Gasteiger partial charge in [-0.2, -0.15) is 0 Å². The first-order chi connectivity index (χ1) is 15.4. The molecule has 3 rings (SSSR count). The topological polar surface area (TPSA) is 95.9 Å². The number of ether oxygens (including phenoxy) is 1. The van der Waals surface area contributed by atoms with Crippen molar-refractivity contribution in [3.05, 3.63) is 59.7 Å². The molecule has 0 saturated carbocycles. The predicted octanol–water partition coefficient (Wildman–Crippen LogP) is 3.87. The largest absolute Gasteiger partial charge is 0.480 e. The number of carboxylic acid groups (broad SMARTS) is 1. The summed E-state index contributed by atoms with van der Waals surface area (Å²) in [5.74, 6) is -1.36. The minimum Gasteiger partial charge on any atom is -0.480 e. The summed E-state index contributed by atoms with van der Waals surface area (Å²) in [7, 11) is 0. The average Bonchev–Trinajstić information content (AvgIpc) is 3.12. The molecule has 0 aliphatic heterocycles. The second kappa shape index (κ2) is 10.8. The number of carbonyl (C=O) groups excluding carboxylic acids is 2. The maximum absolute atomic E-state index is 12.4. The van der Waals surface area contributed by atoms with Gasteiger partial charge in [-0.3, -0.25) is 9.59 Å². The number of likely N-dealkylation sites (N-methyl/N-ethyl adjacent to an activating group) is 1. The summed E-state index contributed by atoms with van der Waals surface area (Å²) in [6.07, 6.45) is 0.344. The molecule has 0 fully saturated rings. The summed E-state index contributed by atoms with van der Waals surface area (Å²) in [4.78, 5) is 36.9. The molecule has 0 heterocycles. The fourth-order valence-corrected chi connectivity index (χ4v) is 4.15. The van der Waals surface area contributed by atoms with Crippen LogP contribution in [0, 0.1) is 5.92 Å². The number of nitrogens with one attached hydrogen (secondary N) is 1. The van der Waals surface area contributed by atoms with Crippen molar-refractivity contribution in [2.45, 2.75) is 32.6 Å². The Balaban J connectivity index is 1.53. The Kier molecular flexibility index (Phi) is 7.87. The summed E-state index contributed by atoms with van der Waals surface area (Å²) in [6.45, 7) is 4.23. The number of nitrogens with zero attached hydrogens (tertiary/aromatic N) is 1. The van der Waals surface area contributed by atoms with Gasteiger partial charge in [0.15, 0.2) is 0 Å². The van der Waals surface area contributed by atoms with Crippen molar-refractivity contribution < 1.29 is 24.2 Å². The molecule has 2 aromatic rings. The normalized spacial score (nSPS) is 13.1. The van der Waals surface area contributed by atoms with Crippen LogP contribution in [-0.2, 0) is 14.3 Å². The van der Waals surface area contributed by atoms with Gasteiger partial charge >= 0.3 is 12.1 Å². The van der Waals surface area contributed by atoms with E-state index in [1.165, 1.54) is 16.0 Å². The number of carbonyl (C=O) groups is 3. The van der Waals surface area contributed by atoms with Gasteiger partial charge < -0.3 is 20.1 Å². The van der Waals surface area contributed by atoms with E-state index in [4.69, 9.17) is 9.84 Å². The molecule has 1 aliphatic rings. The average molecular weight is 439 g/mol. The first-order valence-electron chi connectivity index (χ1n) is 11.0. The van der Waals surface area contributed by atoms with Crippen molar-refractivity contribution >= 4 is 18.0 Å². The summed E-state index contributed by atoms with van der Waals surface area (Å²) >= 11 is 0. The highest BCUT2D eigenvalue weighted by atomic mass is 16.5. The SMILES string of the molecule is CCC(CNC(=O)OCC1c2ccccc2-c2ccccc21)CC(=O)N(CC)CC(=O)O. The molecule has 170 valence electrons. The molecular formula is C25H30N2O5. The third-order valence-electron chi connectivity index (χ3n) is 5.98. The van der Waals surface area contributed by atoms with Crippen molar-refractivity contribution in [2.24, 2.45) is 5.92 Å². The number of alkyl carbamates (subject to hydrolysis) is 1. The number of amides is 2. The van der Waals surface area contributed by atoms with Crippen LogP contribution in [0.25, 0.3) is 11.1 Å². The molecule has 7 heteroatoms. The van der Waals surface area contributed by atoms with E-state index < -0.39 is 12.1 Å². The summed E-state index contributed by atoms with van der Waals surface area (Å²) in [6, 6.07) is 16.3.